The van der Waals surface area contributed by atoms with Crippen LogP contribution in [-0.2, 0) is 11.3 Å². The summed E-state index contributed by atoms with van der Waals surface area (Å²) in [6, 6.07) is 4.51. The van der Waals surface area contributed by atoms with Gasteiger partial charge in [-0.3, -0.25) is 4.79 Å². The molecule has 0 aliphatic heterocycles. The minimum Gasteiger partial charge on any atom is -0.493 e. The van der Waals surface area contributed by atoms with Gasteiger partial charge in [-0.25, -0.2) is 0 Å². The molecule has 1 amide bonds. The van der Waals surface area contributed by atoms with Crippen molar-refractivity contribution in [2.24, 2.45) is 5.92 Å². The molecule has 1 N–H and O–H groups in total. The smallest absolute Gasteiger partial charge is 0.387 e. The zero-order valence-corrected chi connectivity index (χ0v) is 12.5. The second kappa shape index (κ2) is 6.23. The summed E-state index contributed by atoms with van der Waals surface area (Å²) >= 11 is 11.6. The van der Waals surface area contributed by atoms with E-state index in [1.54, 1.807) is 6.07 Å². The summed E-state index contributed by atoms with van der Waals surface area (Å²) in [5.74, 6) is -0.606. The Hall–Kier alpha value is -1.27. The molecule has 2 rings (SSSR count). The SMILES string of the molecule is COc1ccc(CNC(=O)C2CC2(Cl)Cl)cc1OC(F)F. The lowest BCUT2D eigenvalue weighted by Gasteiger charge is -2.12. The first-order valence-electron chi connectivity index (χ1n) is 6.11. The Balaban J connectivity index is 1.98. The minimum atomic E-state index is -2.96. The number of carbonyl (C=O) groups excluding carboxylic acids is 1. The minimum absolute atomic E-state index is 0.0882. The van der Waals surface area contributed by atoms with Crippen molar-refractivity contribution < 1.29 is 23.0 Å². The van der Waals surface area contributed by atoms with Crippen LogP contribution in [0.3, 0.4) is 0 Å². The number of methoxy groups -OCH3 is 1. The number of nitrogens with one attached hydrogen (secondary N) is 1. The fraction of sp³-hybridized carbons (Fsp3) is 0.462. The first-order valence-corrected chi connectivity index (χ1v) is 6.86. The van der Waals surface area contributed by atoms with Gasteiger partial charge in [0, 0.05) is 6.54 Å². The molecule has 1 atom stereocenters. The van der Waals surface area contributed by atoms with Crippen molar-refractivity contribution in [3.8, 4) is 11.5 Å². The highest BCUT2D eigenvalue weighted by atomic mass is 35.5. The van der Waals surface area contributed by atoms with Gasteiger partial charge in [0.2, 0.25) is 5.91 Å². The molecular formula is C13H13Cl2F2NO3. The van der Waals surface area contributed by atoms with Crippen molar-refractivity contribution in [2.45, 2.75) is 23.9 Å². The van der Waals surface area contributed by atoms with Crippen molar-refractivity contribution in [1.82, 2.24) is 5.32 Å². The van der Waals surface area contributed by atoms with Crippen LogP contribution in [0.4, 0.5) is 8.78 Å². The number of rotatable bonds is 6. The van der Waals surface area contributed by atoms with Gasteiger partial charge in [-0.1, -0.05) is 6.07 Å². The summed E-state index contributed by atoms with van der Waals surface area (Å²) in [7, 11) is 1.35. The molecule has 1 aliphatic carbocycles. The van der Waals surface area contributed by atoms with E-state index >= 15 is 0 Å². The van der Waals surface area contributed by atoms with Gasteiger partial charge in [-0.05, 0) is 24.1 Å². The van der Waals surface area contributed by atoms with Crippen molar-refractivity contribution in [3.63, 3.8) is 0 Å². The van der Waals surface area contributed by atoms with Gasteiger partial charge in [-0.15, -0.1) is 23.2 Å². The van der Waals surface area contributed by atoms with Crippen LogP contribution >= 0.6 is 23.2 Å². The maximum absolute atomic E-state index is 12.3. The molecule has 0 aromatic heterocycles. The molecule has 1 saturated carbocycles. The number of halogens is 4. The molecule has 1 fully saturated rings. The van der Waals surface area contributed by atoms with Crippen LogP contribution in [0.15, 0.2) is 18.2 Å². The Morgan fingerprint density at radius 3 is 2.67 bits per heavy atom. The lowest BCUT2D eigenvalue weighted by molar-refractivity contribution is -0.122. The quantitative estimate of drug-likeness (QED) is 0.810. The molecule has 0 spiro atoms. The summed E-state index contributed by atoms with van der Waals surface area (Å²) in [6.07, 6.45) is 0.407. The number of benzene rings is 1. The second-order valence-electron chi connectivity index (χ2n) is 4.60. The standard InChI is InChI=1S/C13H13Cl2F2NO3/c1-20-9-3-2-7(4-10(9)21-12(16)17)6-18-11(19)8-5-13(8,14)15/h2-4,8,12H,5-6H2,1H3,(H,18,19). The zero-order chi connectivity index (χ0) is 15.6. The van der Waals surface area contributed by atoms with E-state index in [9.17, 15) is 13.6 Å². The molecule has 0 bridgehead atoms. The van der Waals surface area contributed by atoms with Crippen LogP contribution in [0.2, 0.25) is 0 Å². The highest BCUT2D eigenvalue weighted by Crippen LogP contribution is 2.53. The molecule has 1 aliphatic rings. The van der Waals surface area contributed by atoms with Crippen molar-refractivity contribution in [3.05, 3.63) is 23.8 Å². The largest absolute Gasteiger partial charge is 0.493 e. The summed E-state index contributed by atoms with van der Waals surface area (Å²) in [4.78, 5) is 11.7. The highest BCUT2D eigenvalue weighted by Gasteiger charge is 2.56. The van der Waals surface area contributed by atoms with Gasteiger partial charge in [0.05, 0.1) is 13.0 Å². The van der Waals surface area contributed by atoms with Crippen LogP contribution in [0, 0.1) is 5.92 Å². The van der Waals surface area contributed by atoms with E-state index in [0.29, 0.717) is 12.0 Å². The maximum Gasteiger partial charge on any atom is 0.387 e. The van der Waals surface area contributed by atoms with Crippen molar-refractivity contribution in [2.75, 3.05) is 7.11 Å². The van der Waals surface area contributed by atoms with Crippen LogP contribution in [0.25, 0.3) is 0 Å². The van der Waals surface area contributed by atoms with Crippen LogP contribution in [0.1, 0.15) is 12.0 Å². The summed E-state index contributed by atoms with van der Waals surface area (Å²) in [5, 5.41) is 2.64. The molecule has 1 aromatic carbocycles. The number of hydrogen-bond donors (Lipinski definition) is 1. The molecule has 21 heavy (non-hydrogen) atoms. The predicted octanol–water partition coefficient (Wildman–Crippen LogP) is 3.11. The molecule has 4 nitrogen and oxygen atoms in total. The number of carbonyl (C=O) groups is 1. The molecule has 0 saturated heterocycles. The third-order valence-corrected chi connectivity index (χ3v) is 3.89. The first-order chi connectivity index (χ1) is 9.83. The molecule has 116 valence electrons. The fourth-order valence-electron chi connectivity index (χ4n) is 1.83. The van der Waals surface area contributed by atoms with E-state index in [1.807, 2.05) is 0 Å². The average Bonchev–Trinajstić information content (AvgIpc) is 3.05. The Bertz CT molecular complexity index is 540. The Morgan fingerprint density at radius 2 is 2.14 bits per heavy atom. The zero-order valence-electron chi connectivity index (χ0n) is 11.0. The molecular weight excluding hydrogens is 327 g/mol. The lowest BCUT2D eigenvalue weighted by Crippen LogP contribution is -2.26. The normalized spacial score (nSPS) is 19.2. The Kier molecular flexibility index (Phi) is 4.78. The third-order valence-electron chi connectivity index (χ3n) is 3.05. The van der Waals surface area contributed by atoms with E-state index in [2.05, 4.69) is 10.1 Å². The third kappa shape index (κ3) is 4.11. The summed E-state index contributed by atoms with van der Waals surface area (Å²) in [6.45, 7) is -2.80. The second-order valence-corrected chi connectivity index (χ2v) is 6.14. The van der Waals surface area contributed by atoms with E-state index in [4.69, 9.17) is 27.9 Å². The van der Waals surface area contributed by atoms with E-state index in [0.717, 1.165) is 0 Å². The molecule has 0 heterocycles. The van der Waals surface area contributed by atoms with Crippen molar-refractivity contribution >= 4 is 29.1 Å². The van der Waals surface area contributed by atoms with E-state index in [1.165, 1.54) is 19.2 Å². The topological polar surface area (TPSA) is 47.6 Å². The Labute approximate surface area is 130 Å². The van der Waals surface area contributed by atoms with E-state index < -0.39 is 16.9 Å². The maximum atomic E-state index is 12.3. The molecule has 0 radical (unpaired) electrons. The fourth-order valence-corrected chi connectivity index (χ4v) is 2.34. The van der Waals surface area contributed by atoms with Gasteiger partial charge in [0.15, 0.2) is 11.5 Å². The van der Waals surface area contributed by atoms with Gasteiger partial charge in [0.1, 0.15) is 4.33 Å². The van der Waals surface area contributed by atoms with Gasteiger partial charge in [-0.2, -0.15) is 8.78 Å². The number of alkyl halides is 4. The predicted molar refractivity (Wildman–Crippen MR) is 74.0 cm³/mol. The molecule has 8 heteroatoms. The summed E-state index contributed by atoms with van der Waals surface area (Å²) < 4.78 is 32.9. The van der Waals surface area contributed by atoms with Gasteiger partial charge in [0.25, 0.3) is 0 Å². The summed E-state index contributed by atoms with van der Waals surface area (Å²) in [5.41, 5.74) is 0.593. The van der Waals surface area contributed by atoms with Gasteiger partial charge < -0.3 is 14.8 Å². The molecule has 1 aromatic rings. The van der Waals surface area contributed by atoms with E-state index in [-0.39, 0.29) is 24.0 Å². The van der Waals surface area contributed by atoms with Crippen LogP contribution < -0.4 is 14.8 Å². The first kappa shape index (κ1) is 16.1. The number of ether oxygens (including phenoxy) is 2. The number of amides is 1. The van der Waals surface area contributed by atoms with Crippen molar-refractivity contribution in [1.29, 1.82) is 0 Å². The molecule has 1 unspecified atom stereocenters. The van der Waals surface area contributed by atoms with Crippen LogP contribution in [-0.4, -0.2) is 24.0 Å². The highest BCUT2D eigenvalue weighted by molar-refractivity contribution is 6.52. The average molecular weight is 340 g/mol. The lowest BCUT2D eigenvalue weighted by atomic mass is 10.2. The van der Waals surface area contributed by atoms with Crippen LogP contribution in [0.5, 0.6) is 11.5 Å². The number of hydrogen-bond acceptors (Lipinski definition) is 3. The Morgan fingerprint density at radius 1 is 1.48 bits per heavy atom. The van der Waals surface area contributed by atoms with Gasteiger partial charge >= 0.3 is 6.61 Å². The monoisotopic (exact) mass is 339 g/mol.